The van der Waals surface area contributed by atoms with E-state index in [1.54, 1.807) is 45.9 Å². The van der Waals surface area contributed by atoms with E-state index in [-0.39, 0.29) is 18.7 Å². The molecule has 0 spiro atoms. The summed E-state index contributed by atoms with van der Waals surface area (Å²) in [5.41, 5.74) is 0.967. The van der Waals surface area contributed by atoms with Crippen molar-refractivity contribution in [2.45, 2.75) is 91.1 Å². The molecule has 0 aliphatic rings. The van der Waals surface area contributed by atoms with Gasteiger partial charge in [-0.05, 0) is 64.7 Å². The fourth-order valence-corrected chi connectivity index (χ4v) is 4.79. The van der Waals surface area contributed by atoms with Gasteiger partial charge in [-0.2, -0.15) is 0 Å². The summed E-state index contributed by atoms with van der Waals surface area (Å²) in [7, 11) is 0. The molecule has 0 heterocycles. The van der Waals surface area contributed by atoms with Gasteiger partial charge in [-0.1, -0.05) is 85.8 Å². The third kappa shape index (κ3) is 9.08. The van der Waals surface area contributed by atoms with Gasteiger partial charge in [-0.15, -0.1) is 0 Å². The topological polar surface area (TPSA) is 108 Å². The van der Waals surface area contributed by atoms with Gasteiger partial charge in [-0.25, -0.2) is 4.79 Å². The van der Waals surface area contributed by atoms with Crippen LogP contribution in [0.2, 0.25) is 0 Å². The second-order valence-corrected chi connectivity index (χ2v) is 12.4. The molecule has 230 valence electrons. The van der Waals surface area contributed by atoms with Crippen molar-refractivity contribution in [3.05, 3.63) is 101 Å². The second kappa shape index (κ2) is 14.2. The van der Waals surface area contributed by atoms with Crippen LogP contribution in [-0.2, 0) is 27.3 Å². The molecule has 8 nitrogen and oxygen atoms in total. The van der Waals surface area contributed by atoms with Crippen molar-refractivity contribution >= 4 is 17.9 Å². The average Bonchev–Trinajstić information content (AvgIpc) is 2.95. The second-order valence-electron chi connectivity index (χ2n) is 12.4. The Labute approximate surface area is 255 Å². The minimum absolute atomic E-state index is 0.0632. The summed E-state index contributed by atoms with van der Waals surface area (Å²) in [4.78, 5) is 43.4. The van der Waals surface area contributed by atoms with E-state index in [2.05, 4.69) is 10.6 Å². The van der Waals surface area contributed by atoms with Gasteiger partial charge in [0.25, 0.3) is 0 Å². The maximum Gasteiger partial charge on any atom is 0.408 e. The number of rotatable bonds is 11. The van der Waals surface area contributed by atoms with Gasteiger partial charge in [0.05, 0.1) is 0 Å². The van der Waals surface area contributed by atoms with Gasteiger partial charge in [0.15, 0.2) is 0 Å². The van der Waals surface area contributed by atoms with E-state index in [0.29, 0.717) is 17.5 Å². The lowest BCUT2D eigenvalue weighted by molar-refractivity contribution is -0.149. The maximum absolute atomic E-state index is 14.7. The number of nitrogens with one attached hydrogen (secondary N) is 2. The fraction of sp³-hybridized carbons (Fsp3) is 0.400. The highest BCUT2D eigenvalue weighted by molar-refractivity contribution is 5.93. The zero-order valence-corrected chi connectivity index (χ0v) is 26.3. The Morgan fingerprint density at radius 1 is 0.860 bits per heavy atom. The molecule has 0 saturated heterocycles. The van der Waals surface area contributed by atoms with Crippen LogP contribution in [-0.4, -0.2) is 45.1 Å². The lowest BCUT2D eigenvalue weighted by Gasteiger charge is -2.44. The van der Waals surface area contributed by atoms with E-state index in [1.807, 2.05) is 81.4 Å². The molecule has 0 saturated carbocycles. The molecule has 0 aliphatic heterocycles. The largest absolute Gasteiger partial charge is 0.507 e. The number of benzene rings is 3. The van der Waals surface area contributed by atoms with E-state index >= 15 is 0 Å². The molecule has 2 atom stereocenters. The number of nitrogens with zero attached hydrogens (tertiary/aromatic N) is 1. The van der Waals surface area contributed by atoms with Crippen LogP contribution in [0.25, 0.3) is 0 Å². The van der Waals surface area contributed by atoms with Crippen LogP contribution in [0.1, 0.15) is 76.3 Å². The van der Waals surface area contributed by atoms with Crippen LogP contribution < -0.4 is 10.6 Å². The lowest BCUT2D eigenvalue weighted by Crippen LogP contribution is -2.59. The number of hydrogen-bond acceptors (Lipinski definition) is 5. The highest BCUT2D eigenvalue weighted by atomic mass is 16.6. The Kier molecular flexibility index (Phi) is 11.0. The van der Waals surface area contributed by atoms with Gasteiger partial charge >= 0.3 is 6.09 Å². The van der Waals surface area contributed by atoms with Gasteiger partial charge in [0, 0.05) is 24.1 Å². The van der Waals surface area contributed by atoms with Crippen molar-refractivity contribution in [1.82, 2.24) is 15.5 Å². The molecular weight excluding hydrogens is 542 g/mol. The minimum Gasteiger partial charge on any atom is -0.507 e. The molecule has 8 heteroatoms. The van der Waals surface area contributed by atoms with Crippen LogP contribution in [0.4, 0.5) is 4.79 Å². The number of ether oxygens (including phenoxy) is 1. The van der Waals surface area contributed by atoms with E-state index in [0.717, 1.165) is 11.1 Å². The smallest absolute Gasteiger partial charge is 0.408 e. The number of carbonyl (C=O) groups excluding carboxylic acids is 3. The maximum atomic E-state index is 14.7. The highest BCUT2D eigenvalue weighted by Gasteiger charge is 2.44. The first kappa shape index (κ1) is 33.2. The van der Waals surface area contributed by atoms with Gasteiger partial charge < -0.3 is 25.4 Å². The number of phenols is 1. The summed E-state index contributed by atoms with van der Waals surface area (Å²) < 4.78 is 5.52. The molecule has 3 rings (SSSR count). The minimum atomic E-state index is -1.19. The number of phenolic OH excluding ortho intramolecular Hbond substituents is 1. The average molecular weight is 588 g/mol. The molecule has 3 aromatic carbocycles. The SMILES string of the molecule is CCC(C)(C)N(C(=O)C(Cc1ccccc1)NC(=O)OC(C)(C)C)C(C(=O)NCc1ccccc1)c1cccc(C)c1O. The lowest BCUT2D eigenvalue weighted by atomic mass is 9.90. The fourth-order valence-electron chi connectivity index (χ4n) is 4.79. The Morgan fingerprint density at radius 2 is 1.44 bits per heavy atom. The van der Waals surface area contributed by atoms with E-state index in [9.17, 15) is 19.5 Å². The Balaban J connectivity index is 2.13. The summed E-state index contributed by atoms with van der Waals surface area (Å²) in [6, 6.07) is 21.7. The van der Waals surface area contributed by atoms with Crippen LogP contribution in [0.5, 0.6) is 5.75 Å². The molecule has 0 aromatic heterocycles. The molecule has 0 aliphatic carbocycles. The quantitative estimate of drug-likeness (QED) is 0.247. The Bertz CT molecular complexity index is 1380. The van der Waals surface area contributed by atoms with Crippen molar-refractivity contribution in [2.24, 2.45) is 0 Å². The summed E-state index contributed by atoms with van der Waals surface area (Å²) in [5.74, 6) is -0.982. The molecule has 0 bridgehead atoms. The van der Waals surface area contributed by atoms with Crippen LogP contribution >= 0.6 is 0 Å². The standard InChI is InChI=1S/C35H45N3O5/c1-8-35(6,7)38(32(41)28(22-25-17-11-9-12-18-25)37-33(42)43-34(3,4)5)29(27-21-15-16-24(2)30(27)39)31(40)36-23-26-19-13-10-14-20-26/h9-21,28-29,39H,8,22-23H2,1-7H3,(H,36,40)(H,37,42). The molecular formula is C35H45N3O5. The van der Waals surface area contributed by atoms with Crippen molar-refractivity contribution < 1.29 is 24.2 Å². The van der Waals surface area contributed by atoms with Crippen LogP contribution in [0.3, 0.4) is 0 Å². The van der Waals surface area contributed by atoms with E-state index in [4.69, 9.17) is 4.74 Å². The molecule has 43 heavy (non-hydrogen) atoms. The molecule has 2 unspecified atom stereocenters. The number of alkyl carbamates (subject to hydrolysis) is 1. The summed E-state index contributed by atoms with van der Waals surface area (Å²) in [5, 5.41) is 17.0. The number of carbonyl (C=O) groups is 3. The van der Waals surface area contributed by atoms with Crippen molar-refractivity contribution in [3.8, 4) is 5.75 Å². The van der Waals surface area contributed by atoms with E-state index < -0.39 is 41.1 Å². The third-order valence-corrected chi connectivity index (χ3v) is 7.41. The highest BCUT2D eigenvalue weighted by Crippen LogP contribution is 2.37. The third-order valence-electron chi connectivity index (χ3n) is 7.41. The first-order valence-electron chi connectivity index (χ1n) is 14.7. The summed E-state index contributed by atoms with van der Waals surface area (Å²) >= 11 is 0. The zero-order valence-electron chi connectivity index (χ0n) is 26.3. The summed E-state index contributed by atoms with van der Waals surface area (Å²) in [6.45, 7) is 12.9. The molecule has 3 amide bonds. The van der Waals surface area contributed by atoms with Crippen LogP contribution in [0, 0.1) is 6.92 Å². The summed E-state index contributed by atoms with van der Waals surface area (Å²) in [6.07, 6.45) is -0.0643. The monoisotopic (exact) mass is 587 g/mol. The van der Waals surface area contributed by atoms with Gasteiger partial charge in [0.2, 0.25) is 11.8 Å². The van der Waals surface area contributed by atoms with Crippen LogP contribution in [0.15, 0.2) is 78.9 Å². The number of para-hydroxylation sites is 1. The molecule has 0 radical (unpaired) electrons. The van der Waals surface area contributed by atoms with E-state index in [1.165, 1.54) is 4.90 Å². The number of hydrogen-bond donors (Lipinski definition) is 3. The van der Waals surface area contributed by atoms with Gasteiger partial charge in [-0.3, -0.25) is 9.59 Å². The Morgan fingerprint density at radius 3 is 2.00 bits per heavy atom. The predicted molar refractivity (Wildman–Crippen MR) is 168 cm³/mol. The zero-order chi connectivity index (χ0) is 31.8. The van der Waals surface area contributed by atoms with Crippen molar-refractivity contribution in [3.63, 3.8) is 0 Å². The van der Waals surface area contributed by atoms with Crippen molar-refractivity contribution in [2.75, 3.05) is 0 Å². The number of amides is 3. The van der Waals surface area contributed by atoms with Crippen molar-refractivity contribution in [1.29, 1.82) is 0 Å². The first-order chi connectivity index (χ1) is 20.2. The molecule has 0 fully saturated rings. The molecule has 3 aromatic rings. The normalized spacial score (nSPS) is 13.0. The first-order valence-corrected chi connectivity index (χ1v) is 14.7. The molecule has 3 N–H and O–H groups in total. The Hall–Kier alpha value is -4.33. The number of aryl methyl sites for hydroxylation is 1. The predicted octanol–water partition coefficient (Wildman–Crippen LogP) is 6.21. The number of aromatic hydroxyl groups is 1. The van der Waals surface area contributed by atoms with Gasteiger partial charge in [0.1, 0.15) is 23.4 Å².